The monoisotopic (exact) mass is 383 g/mol. The van der Waals surface area contributed by atoms with Gasteiger partial charge in [0.25, 0.3) is 0 Å². The first-order valence-electron chi connectivity index (χ1n) is 9.62. The van der Waals surface area contributed by atoms with Gasteiger partial charge in [-0.1, -0.05) is 25.7 Å². The quantitative estimate of drug-likeness (QED) is 0.642. The average Bonchev–Trinajstić information content (AvgIpc) is 2.65. The number of aliphatic carboxylic acids is 2. The maximum absolute atomic E-state index is 12.3. The van der Waals surface area contributed by atoms with Crippen molar-refractivity contribution in [1.29, 1.82) is 0 Å². The SMILES string of the molecule is CC(COC(=O)C1CCCCC1C(=O)O)OC(=O)C1CCCCC1C(=O)[O-]. The molecule has 0 amide bonds. The zero-order chi connectivity index (χ0) is 20.0. The first-order chi connectivity index (χ1) is 12.8. The van der Waals surface area contributed by atoms with Crippen LogP contribution in [0.25, 0.3) is 0 Å². The van der Waals surface area contributed by atoms with Crippen molar-refractivity contribution in [2.24, 2.45) is 23.7 Å². The van der Waals surface area contributed by atoms with E-state index in [4.69, 9.17) is 9.47 Å². The van der Waals surface area contributed by atoms with Crippen molar-refractivity contribution in [2.45, 2.75) is 64.4 Å². The van der Waals surface area contributed by atoms with Crippen LogP contribution in [0.15, 0.2) is 0 Å². The first kappa shape index (κ1) is 21.2. The molecule has 8 nitrogen and oxygen atoms in total. The molecule has 2 saturated carbocycles. The molecule has 0 heterocycles. The smallest absolute Gasteiger partial charge is 0.309 e. The third kappa shape index (κ3) is 5.68. The Bertz CT molecular complexity index is 572. The molecule has 2 aliphatic rings. The van der Waals surface area contributed by atoms with E-state index in [-0.39, 0.29) is 6.61 Å². The minimum atomic E-state index is -1.24. The van der Waals surface area contributed by atoms with Gasteiger partial charge in [0, 0.05) is 11.9 Å². The third-order valence-electron chi connectivity index (χ3n) is 5.54. The Hall–Kier alpha value is -2.12. The summed E-state index contributed by atoms with van der Waals surface area (Å²) in [5.41, 5.74) is 0. The van der Waals surface area contributed by atoms with Crippen LogP contribution in [0.4, 0.5) is 0 Å². The van der Waals surface area contributed by atoms with Gasteiger partial charge in [0.2, 0.25) is 0 Å². The van der Waals surface area contributed by atoms with Gasteiger partial charge < -0.3 is 24.5 Å². The molecule has 0 spiro atoms. The molecule has 152 valence electrons. The van der Waals surface area contributed by atoms with Crippen LogP contribution in [0.5, 0.6) is 0 Å². The van der Waals surface area contributed by atoms with Gasteiger partial charge in [-0.15, -0.1) is 0 Å². The number of carboxylic acid groups (broad SMARTS) is 2. The highest BCUT2D eigenvalue weighted by Crippen LogP contribution is 2.32. The molecule has 2 fully saturated rings. The molecule has 1 N–H and O–H groups in total. The zero-order valence-electron chi connectivity index (χ0n) is 15.6. The predicted octanol–water partition coefficient (Wildman–Crippen LogP) is 0.909. The molecular weight excluding hydrogens is 356 g/mol. The van der Waals surface area contributed by atoms with Gasteiger partial charge in [0.1, 0.15) is 12.7 Å². The molecule has 0 aliphatic heterocycles. The first-order valence-corrected chi connectivity index (χ1v) is 9.62. The van der Waals surface area contributed by atoms with Crippen molar-refractivity contribution in [2.75, 3.05) is 6.61 Å². The van der Waals surface area contributed by atoms with Gasteiger partial charge >= 0.3 is 17.9 Å². The number of hydrogen-bond acceptors (Lipinski definition) is 7. The number of carboxylic acids is 2. The van der Waals surface area contributed by atoms with E-state index in [1.54, 1.807) is 6.92 Å². The summed E-state index contributed by atoms with van der Waals surface area (Å²) in [7, 11) is 0. The minimum absolute atomic E-state index is 0.184. The Labute approximate surface area is 158 Å². The van der Waals surface area contributed by atoms with E-state index in [9.17, 15) is 29.4 Å². The summed E-state index contributed by atoms with van der Waals surface area (Å²) in [5, 5.41) is 20.4. The number of rotatable bonds is 7. The predicted molar refractivity (Wildman–Crippen MR) is 90.1 cm³/mol. The number of hydrogen-bond donors (Lipinski definition) is 1. The van der Waals surface area contributed by atoms with Crippen molar-refractivity contribution in [3.05, 3.63) is 0 Å². The van der Waals surface area contributed by atoms with E-state index in [1.165, 1.54) is 0 Å². The summed E-state index contributed by atoms with van der Waals surface area (Å²) in [6.45, 7) is 1.37. The van der Waals surface area contributed by atoms with E-state index < -0.39 is 53.7 Å². The van der Waals surface area contributed by atoms with Gasteiger partial charge in [-0.05, 0) is 32.6 Å². The standard InChI is InChI=1S/C19H28O8/c1-11(27-19(25)15-9-5-3-7-13(15)17(22)23)10-26-18(24)14-8-4-2-6-12(14)16(20)21/h11-15H,2-10H2,1H3,(H,20,21)(H,22,23)/p-1. The molecule has 0 bridgehead atoms. The summed E-state index contributed by atoms with van der Waals surface area (Å²) >= 11 is 0. The van der Waals surface area contributed by atoms with Gasteiger partial charge in [-0.2, -0.15) is 0 Å². The van der Waals surface area contributed by atoms with E-state index in [0.29, 0.717) is 25.7 Å². The minimum Gasteiger partial charge on any atom is -0.550 e. The second-order valence-electron chi connectivity index (χ2n) is 7.53. The molecule has 5 atom stereocenters. The largest absolute Gasteiger partial charge is 0.550 e. The molecule has 27 heavy (non-hydrogen) atoms. The fourth-order valence-corrected chi connectivity index (χ4v) is 4.03. The highest BCUT2D eigenvalue weighted by atomic mass is 16.6. The van der Waals surface area contributed by atoms with E-state index in [2.05, 4.69) is 0 Å². The van der Waals surface area contributed by atoms with Crippen molar-refractivity contribution in [3.8, 4) is 0 Å². The molecular formula is C19H27O8-. The maximum Gasteiger partial charge on any atom is 0.309 e. The van der Waals surface area contributed by atoms with Crippen LogP contribution < -0.4 is 5.11 Å². The Morgan fingerprint density at radius 3 is 1.89 bits per heavy atom. The average molecular weight is 383 g/mol. The van der Waals surface area contributed by atoms with Crippen LogP contribution in [-0.2, 0) is 28.7 Å². The van der Waals surface area contributed by atoms with Crippen LogP contribution in [-0.4, -0.2) is 41.7 Å². The lowest BCUT2D eigenvalue weighted by Crippen LogP contribution is -2.42. The Morgan fingerprint density at radius 2 is 1.37 bits per heavy atom. The summed E-state index contributed by atoms with van der Waals surface area (Å²) in [6, 6.07) is 0. The lowest BCUT2D eigenvalue weighted by atomic mass is 9.79. The summed E-state index contributed by atoms with van der Waals surface area (Å²) in [5.74, 6) is -6.45. The molecule has 2 aliphatic carbocycles. The number of ether oxygens (including phenoxy) is 2. The summed E-state index contributed by atoms with van der Waals surface area (Å²) in [6.07, 6.45) is 4.06. The molecule has 0 radical (unpaired) electrons. The molecule has 0 aromatic carbocycles. The van der Waals surface area contributed by atoms with E-state index in [0.717, 1.165) is 25.7 Å². The van der Waals surface area contributed by atoms with Crippen molar-refractivity contribution < 1.29 is 38.9 Å². The number of carbonyl (C=O) groups is 4. The Morgan fingerprint density at radius 1 is 0.889 bits per heavy atom. The Balaban J connectivity index is 1.83. The molecule has 0 aromatic heterocycles. The second-order valence-corrected chi connectivity index (χ2v) is 7.53. The number of esters is 2. The fourth-order valence-electron chi connectivity index (χ4n) is 4.03. The van der Waals surface area contributed by atoms with Crippen LogP contribution in [0.3, 0.4) is 0 Å². The van der Waals surface area contributed by atoms with Gasteiger partial charge in [-0.3, -0.25) is 14.4 Å². The van der Waals surface area contributed by atoms with Crippen LogP contribution in [0.2, 0.25) is 0 Å². The summed E-state index contributed by atoms with van der Waals surface area (Å²) in [4.78, 5) is 47.0. The van der Waals surface area contributed by atoms with Gasteiger partial charge in [0.15, 0.2) is 0 Å². The van der Waals surface area contributed by atoms with Crippen LogP contribution in [0.1, 0.15) is 58.3 Å². The Kier molecular flexibility index (Phi) is 7.62. The normalized spacial score (nSPS) is 29.4. The fraction of sp³-hybridized carbons (Fsp3) is 0.789. The summed E-state index contributed by atoms with van der Waals surface area (Å²) < 4.78 is 10.4. The zero-order valence-corrected chi connectivity index (χ0v) is 15.6. The molecule has 8 heteroatoms. The van der Waals surface area contributed by atoms with Crippen LogP contribution >= 0.6 is 0 Å². The van der Waals surface area contributed by atoms with Crippen molar-refractivity contribution >= 4 is 23.9 Å². The molecule has 2 rings (SSSR count). The van der Waals surface area contributed by atoms with Crippen LogP contribution in [0, 0.1) is 23.7 Å². The lowest BCUT2D eigenvalue weighted by molar-refractivity contribution is -0.314. The second kappa shape index (κ2) is 9.71. The third-order valence-corrected chi connectivity index (χ3v) is 5.54. The highest BCUT2D eigenvalue weighted by molar-refractivity contribution is 5.82. The van der Waals surface area contributed by atoms with Gasteiger partial charge in [0.05, 0.1) is 17.8 Å². The lowest BCUT2D eigenvalue weighted by Gasteiger charge is -2.31. The van der Waals surface area contributed by atoms with Gasteiger partial charge in [-0.25, -0.2) is 0 Å². The highest BCUT2D eigenvalue weighted by Gasteiger charge is 2.37. The van der Waals surface area contributed by atoms with Crippen molar-refractivity contribution in [1.82, 2.24) is 0 Å². The van der Waals surface area contributed by atoms with Crippen molar-refractivity contribution in [3.63, 3.8) is 0 Å². The topological polar surface area (TPSA) is 130 Å². The van der Waals surface area contributed by atoms with E-state index >= 15 is 0 Å². The molecule has 0 aromatic rings. The molecule has 0 saturated heterocycles. The maximum atomic E-state index is 12.3. The van der Waals surface area contributed by atoms with E-state index in [1.807, 2.05) is 0 Å². The molecule has 5 unspecified atom stereocenters. The number of carbonyl (C=O) groups excluding carboxylic acids is 3.